The third kappa shape index (κ3) is 18.3. The van der Waals surface area contributed by atoms with Gasteiger partial charge in [-0.15, -0.1) is 0 Å². The van der Waals surface area contributed by atoms with E-state index in [4.69, 9.17) is 64.3 Å². The molecule has 0 amide bonds. The van der Waals surface area contributed by atoms with E-state index in [9.17, 15) is 26.3 Å². The number of benzene rings is 4. The molecule has 1 fully saturated rings. The molecule has 10 nitrogen and oxygen atoms in total. The van der Waals surface area contributed by atoms with E-state index in [2.05, 4.69) is 33.2 Å². The van der Waals surface area contributed by atoms with Crippen molar-refractivity contribution in [3.8, 4) is 0 Å². The van der Waals surface area contributed by atoms with Crippen molar-refractivity contribution >= 4 is 87.1 Å². The third-order valence-electron chi connectivity index (χ3n) is 9.45. The van der Waals surface area contributed by atoms with Crippen molar-refractivity contribution in [1.82, 2.24) is 0 Å². The first kappa shape index (κ1) is 54.0. The number of nitrogens with two attached hydrogens (primary N) is 2. The van der Waals surface area contributed by atoms with E-state index < -0.39 is 42.9 Å². The normalized spacial score (nSPS) is 15.8. The van der Waals surface area contributed by atoms with Crippen molar-refractivity contribution in [2.45, 2.75) is 90.5 Å². The maximum Gasteiger partial charge on any atom is 0.494 e. The molecule has 1 aliphatic rings. The zero-order valence-corrected chi connectivity index (χ0v) is 39.4. The number of ether oxygens (including phenoxy) is 2. The predicted octanol–water partition coefficient (Wildman–Crippen LogP) is 11.6. The van der Waals surface area contributed by atoms with Crippen LogP contribution in [0.4, 0.5) is 37.7 Å². The minimum absolute atomic E-state index is 0.0239. The van der Waals surface area contributed by atoms with Crippen molar-refractivity contribution < 1.29 is 45.1 Å². The maximum atomic E-state index is 12.6. The number of alkyl halides is 6. The molecule has 1 aliphatic heterocycles. The van der Waals surface area contributed by atoms with Crippen molar-refractivity contribution in [1.29, 1.82) is 10.8 Å². The van der Waals surface area contributed by atoms with E-state index in [1.807, 2.05) is 45.9 Å². The number of rotatable bonds is 14. The Balaban J connectivity index is 0.000000268. The number of hydrogen-bond acceptors (Lipinski definition) is 8. The van der Waals surface area contributed by atoms with Crippen LogP contribution in [0.2, 0.25) is 10.0 Å². The Morgan fingerprint density at radius 2 is 1.12 bits per heavy atom. The summed E-state index contributed by atoms with van der Waals surface area (Å²) >= 11 is 13.7. The topological polar surface area (TPSA) is 161 Å². The van der Waals surface area contributed by atoms with Crippen LogP contribution in [0.15, 0.2) is 113 Å². The van der Waals surface area contributed by atoms with E-state index in [0.717, 1.165) is 34.4 Å². The molecule has 64 heavy (non-hydrogen) atoms. The lowest BCUT2D eigenvalue weighted by Crippen LogP contribution is -2.41. The van der Waals surface area contributed by atoms with Gasteiger partial charge in [-0.2, -0.15) is 26.3 Å². The minimum Gasteiger partial charge on any atom is -0.399 e. The molecule has 0 spiro atoms. The number of hydrogen-bond donors (Lipinski definition) is 6. The summed E-state index contributed by atoms with van der Waals surface area (Å²) in [4.78, 5) is 0. The molecule has 5 rings (SSSR count). The zero-order chi connectivity index (χ0) is 48.0. The molecule has 4 aromatic rings. The van der Waals surface area contributed by atoms with Crippen LogP contribution in [-0.4, -0.2) is 54.6 Å². The van der Waals surface area contributed by atoms with E-state index in [1.165, 1.54) is 12.2 Å². The summed E-state index contributed by atoms with van der Waals surface area (Å²) in [6.45, 7) is 9.45. The monoisotopic (exact) mass is 1050 g/mol. The zero-order valence-electron chi connectivity index (χ0n) is 35.7. The molecular formula is C44H50BCl2F6IN6O4. The molecule has 0 aliphatic carbocycles. The lowest BCUT2D eigenvalue weighted by molar-refractivity contribution is -0.217. The molecule has 1 heterocycles. The molecule has 1 saturated heterocycles. The van der Waals surface area contributed by atoms with Gasteiger partial charge in [0, 0.05) is 39.3 Å². The lowest BCUT2D eigenvalue weighted by atomic mass is 9.78. The van der Waals surface area contributed by atoms with Crippen molar-refractivity contribution in [2.24, 2.45) is 11.5 Å². The quantitative estimate of drug-likeness (QED) is 0.0182. The fraction of sp³-hybridized carbons (Fsp3) is 0.318. The standard InChI is InChI=1S/C19H19ClF3N3O.C16H22BF3O3.C9H9ClIN3/c1-12(19(21,22)23)27-11-13-3-2-4-14(9-13)17(10-18(24)25)26-16-7-5-15(20)6-8-16;1-11(16(18,19)20)21-10-12-7-6-8-13(9-12)17-22-14(2,3)15(4,5)23-17;10-6-1-3-7(4-2-6)14-8(11)5-9(12)13/h2-10,12,26H,11H2,1H3,(H3,24,25);6-9,11H,10H2,1-5H3;1-5,14H,(H3,12,13)/b17-10-;;8-5-/t12-;11-;/m11./s1. The molecular weight excluding hydrogens is 999 g/mol. The van der Waals surface area contributed by atoms with Gasteiger partial charge in [0.05, 0.1) is 28.1 Å². The molecule has 20 heteroatoms. The molecule has 346 valence electrons. The van der Waals surface area contributed by atoms with Gasteiger partial charge in [-0.3, -0.25) is 10.8 Å². The lowest BCUT2D eigenvalue weighted by Gasteiger charge is -2.32. The largest absolute Gasteiger partial charge is 0.494 e. The molecule has 0 aromatic heterocycles. The van der Waals surface area contributed by atoms with Gasteiger partial charge in [0.15, 0.2) is 12.2 Å². The molecule has 4 aromatic carbocycles. The van der Waals surface area contributed by atoms with Crippen LogP contribution in [-0.2, 0) is 32.0 Å². The average molecular weight is 1050 g/mol. The SMILES string of the molecule is C[C@@H](OCc1cccc(/C(=C/C(=N)N)Nc2ccc(Cl)cc2)c1)C(F)(F)F.C[C@@H](OCc1cccc(B2OC(C)(C)C(C)(C)O2)c1)C(F)(F)F.N=C(N)/C=C(/I)Nc1ccc(Cl)cc1. The van der Waals surface area contributed by atoms with E-state index in [-0.39, 0.29) is 24.9 Å². The van der Waals surface area contributed by atoms with Crippen LogP contribution < -0.4 is 27.6 Å². The van der Waals surface area contributed by atoms with Gasteiger partial charge in [0.25, 0.3) is 0 Å². The molecule has 0 saturated carbocycles. The van der Waals surface area contributed by atoms with Crippen molar-refractivity contribution in [3.63, 3.8) is 0 Å². The number of halogens is 9. The Morgan fingerprint density at radius 3 is 1.56 bits per heavy atom. The summed E-state index contributed by atoms with van der Waals surface area (Å²) in [6.07, 6.45) is -9.47. The second-order valence-corrected chi connectivity index (χ2v) is 17.3. The summed E-state index contributed by atoms with van der Waals surface area (Å²) in [5.74, 6) is -0.144. The van der Waals surface area contributed by atoms with Crippen molar-refractivity contribution in [3.05, 3.63) is 140 Å². The maximum absolute atomic E-state index is 12.6. The van der Waals surface area contributed by atoms with Gasteiger partial charge in [-0.05, 0) is 141 Å². The van der Waals surface area contributed by atoms with Gasteiger partial charge < -0.3 is 40.9 Å². The number of anilines is 2. The van der Waals surface area contributed by atoms with Gasteiger partial charge in [-0.25, -0.2) is 0 Å². The van der Waals surface area contributed by atoms with Crippen molar-refractivity contribution in [2.75, 3.05) is 10.6 Å². The summed E-state index contributed by atoms with van der Waals surface area (Å²) in [5, 5.41) is 22.1. The summed E-state index contributed by atoms with van der Waals surface area (Å²) < 4.78 is 97.6. The van der Waals surface area contributed by atoms with Crippen LogP contribution in [0, 0.1) is 10.8 Å². The van der Waals surface area contributed by atoms with Crippen LogP contribution in [0.5, 0.6) is 0 Å². The van der Waals surface area contributed by atoms with Gasteiger partial charge in [0.2, 0.25) is 0 Å². The molecule has 2 atom stereocenters. The second-order valence-electron chi connectivity index (χ2n) is 15.2. The first-order valence-electron chi connectivity index (χ1n) is 19.4. The summed E-state index contributed by atoms with van der Waals surface area (Å²) in [6, 6.07) is 28.1. The highest BCUT2D eigenvalue weighted by Crippen LogP contribution is 2.36. The van der Waals surface area contributed by atoms with Crippen LogP contribution in [0.1, 0.15) is 58.2 Å². The smallest absolute Gasteiger partial charge is 0.399 e. The van der Waals surface area contributed by atoms with Gasteiger partial charge in [-0.1, -0.05) is 65.7 Å². The first-order valence-corrected chi connectivity index (χ1v) is 21.2. The molecule has 8 N–H and O–H groups in total. The summed E-state index contributed by atoms with van der Waals surface area (Å²) in [5.41, 5.74) is 14.6. The third-order valence-corrected chi connectivity index (χ3v) is 10.5. The molecule has 0 radical (unpaired) electrons. The highest BCUT2D eigenvalue weighted by Gasteiger charge is 2.51. The van der Waals surface area contributed by atoms with Crippen LogP contribution >= 0.6 is 45.8 Å². The molecule has 0 bridgehead atoms. The fourth-order valence-electron chi connectivity index (χ4n) is 5.15. The van der Waals surface area contributed by atoms with Crippen LogP contribution in [0.3, 0.4) is 0 Å². The minimum atomic E-state index is -4.41. The Kier molecular flexibility index (Phi) is 20.1. The number of amidine groups is 2. The Morgan fingerprint density at radius 1 is 0.703 bits per heavy atom. The van der Waals surface area contributed by atoms with Gasteiger partial charge >= 0.3 is 19.5 Å². The van der Waals surface area contributed by atoms with Crippen LogP contribution in [0.25, 0.3) is 5.70 Å². The van der Waals surface area contributed by atoms with E-state index in [1.54, 1.807) is 78.9 Å². The second kappa shape index (κ2) is 23.8. The highest BCUT2D eigenvalue weighted by molar-refractivity contribution is 14.1. The highest BCUT2D eigenvalue weighted by atomic mass is 127. The molecule has 0 unspecified atom stereocenters. The Hall–Kier alpha value is -4.31. The predicted molar refractivity (Wildman–Crippen MR) is 253 cm³/mol. The number of nitrogens with one attached hydrogen (secondary N) is 4. The average Bonchev–Trinajstić information content (AvgIpc) is 3.42. The van der Waals surface area contributed by atoms with E-state index in [0.29, 0.717) is 32.4 Å². The first-order chi connectivity index (χ1) is 29.6. The van der Waals surface area contributed by atoms with E-state index >= 15 is 0 Å². The Labute approximate surface area is 393 Å². The van der Waals surface area contributed by atoms with Gasteiger partial charge in [0.1, 0.15) is 11.7 Å². The summed E-state index contributed by atoms with van der Waals surface area (Å²) in [7, 11) is -0.542. The Bertz CT molecular complexity index is 2210. The fourth-order valence-corrected chi connectivity index (χ4v) is 6.05.